The van der Waals surface area contributed by atoms with Gasteiger partial charge in [0.1, 0.15) is 11.5 Å². The zero-order valence-corrected chi connectivity index (χ0v) is 16.1. The highest BCUT2D eigenvalue weighted by Crippen LogP contribution is 2.39. The number of likely N-dealkylation sites (tertiary alicyclic amines) is 1. The van der Waals surface area contributed by atoms with E-state index in [0.29, 0.717) is 27.9 Å². The summed E-state index contributed by atoms with van der Waals surface area (Å²) in [6, 6.07) is 8.93. The smallest absolute Gasteiger partial charge is 0.261 e. The van der Waals surface area contributed by atoms with Gasteiger partial charge in [-0.1, -0.05) is 6.07 Å². The number of fused-ring (bicyclic) bond motifs is 2. The number of piperidine rings is 1. The molecule has 2 aliphatic rings. The lowest BCUT2D eigenvalue weighted by Crippen LogP contribution is -2.51. The van der Waals surface area contributed by atoms with Crippen LogP contribution in [0, 0.1) is 5.92 Å². The van der Waals surface area contributed by atoms with Crippen molar-refractivity contribution in [2.45, 2.75) is 24.9 Å². The fourth-order valence-electron chi connectivity index (χ4n) is 4.19. The van der Waals surface area contributed by atoms with Gasteiger partial charge in [0.2, 0.25) is 0 Å². The molecule has 2 aromatic rings. The first-order valence-electron chi connectivity index (χ1n) is 8.98. The van der Waals surface area contributed by atoms with Crippen molar-refractivity contribution in [3.8, 4) is 11.5 Å². The van der Waals surface area contributed by atoms with Crippen molar-refractivity contribution in [2.24, 2.45) is 5.92 Å². The summed E-state index contributed by atoms with van der Waals surface area (Å²) in [5.74, 6) is 1.46. The molecule has 1 aliphatic carbocycles. The van der Waals surface area contributed by atoms with Crippen LogP contribution in [-0.2, 0) is 0 Å². The molecule has 1 saturated carbocycles. The summed E-state index contributed by atoms with van der Waals surface area (Å²) in [4.78, 5) is 28.2. The number of amides is 2. The van der Waals surface area contributed by atoms with Crippen LogP contribution in [-0.4, -0.2) is 49.6 Å². The second kappa shape index (κ2) is 7.23. The predicted octanol–water partition coefficient (Wildman–Crippen LogP) is 2.80. The van der Waals surface area contributed by atoms with Crippen molar-refractivity contribution in [3.05, 3.63) is 46.2 Å². The van der Waals surface area contributed by atoms with E-state index >= 15 is 0 Å². The monoisotopic (exact) mass is 386 g/mol. The zero-order valence-electron chi connectivity index (χ0n) is 15.3. The summed E-state index contributed by atoms with van der Waals surface area (Å²) in [6.07, 6.45) is 1.85. The second-order valence-electron chi connectivity index (χ2n) is 6.99. The Morgan fingerprint density at radius 1 is 1.19 bits per heavy atom. The van der Waals surface area contributed by atoms with Gasteiger partial charge in [-0.3, -0.25) is 9.59 Å². The fraction of sp³-hybridized carbons (Fsp3) is 0.400. The Morgan fingerprint density at radius 2 is 2.04 bits per heavy atom. The largest absolute Gasteiger partial charge is 0.497 e. The molecule has 27 heavy (non-hydrogen) atoms. The molecule has 2 heterocycles. The van der Waals surface area contributed by atoms with Crippen LogP contribution in [0.25, 0.3) is 0 Å². The molecule has 142 valence electrons. The third-order valence-corrected chi connectivity index (χ3v) is 6.31. The van der Waals surface area contributed by atoms with Gasteiger partial charge < -0.3 is 19.7 Å². The summed E-state index contributed by atoms with van der Waals surface area (Å²) in [6.45, 7) is 0.726. The van der Waals surface area contributed by atoms with Crippen LogP contribution in [0.4, 0.5) is 0 Å². The zero-order chi connectivity index (χ0) is 19.0. The Morgan fingerprint density at radius 3 is 2.70 bits per heavy atom. The van der Waals surface area contributed by atoms with Crippen LogP contribution in [0.3, 0.4) is 0 Å². The molecule has 0 unspecified atom stereocenters. The highest BCUT2D eigenvalue weighted by atomic mass is 32.1. The number of thiophene rings is 1. The van der Waals surface area contributed by atoms with Gasteiger partial charge in [-0.15, -0.1) is 11.3 Å². The Labute approximate surface area is 162 Å². The topological polar surface area (TPSA) is 67.9 Å². The van der Waals surface area contributed by atoms with E-state index in [1.54, 1.807) is 32.4 Å². The Kier molecular flexibility index (Phi) is 4.78. The molecule has 2 bridgehead atoms. The van der Waals surface area contributed by atoms with Crippen LogP contribution in [0.5, 0.6) is 11.5 Å². The molecular weight excluding hydrogens is 364 g/mol. The minimum Gasteiger partial charge on any atom is -0.497 e. The number of carbonyl (C=O) groups is 2. The minimum absolute atomic E-state index is 0.00783. The van der Waals surface area contributed by atoms with Gasteiger partial charge in [-0.05, 0) is 42.3 Å². The maximum atomic E-state index is 13.2. The lowest BCUT2D eigenvalue weighted by Gasteiger charge is -2.34. The number of hydrogen-bond acceptors (Lipinski definition) is 5. The Balaban J connectivity index is 1.51. The van der Waals surface area contributed by atoms with Gasteiger partial charge in [0.25, 0.3) is 11.8 Å². The van der Waals surface area contributed by atoms with Crippen molar-refractivity contribution in [3.63, 3.8) is 0 Å². The normalized spacial score (nSPS) is 23.3. The summed E-state index contributed by atoms with van der Waals surface area (Å²) in [5, 5.41) is 5.01. The standard InChI is InChI=1S/C20H22N2O4S/c1-25-13-5-6-14(17(10-13)26-2)20(24)22-11-12-8-15(16(22)9-12)21-19(23)18-4-3-7-27-18/h3-7,10,12,15-16H,8-9,11H2,1-2H3,(H,21,23)/t12-,15+,16-/m1/s1. The number of nitrogens with zero attached hydrogens (tertiary/aromatic N) is 1. The van der Waals surface area contributed by atoms with E-state index in [1.165, 1.54) is 11.3 Å². The van der Waals surface area contributed by atoms with Crippen molar-refractivity contribution < 1.29 is 19.1 Å². The predicted molar refractivity (Wildman–Crippen MR) is 103 cm³/mol. The molecule has 1 aliphatic heterocycles. The molecule has 1 aromatic carbocycles. The first-order valence-corrected chi connectivity index (χ1v) is 9.86. The molecule has 7 heteroatoms. The quantitative estimate of drug-likeness (QED) is 0.858. The van der Waals surface area contributed by atoms with Gasteiger partial charge >= 0.3 is 0 Å². The minimum atomic E-state index is -0.0584. The number of methoxy groups -OCH3 is 2. The molecule has 2 fully saturated rings. The number of hydrogen-bond donors (Lipinski definition) is 1. The number of carbonyl (C=O) groups excluding carboxylic acids is 2. The lowest BCUT2D eigenvalue weighted by molar-refractivity contribution is 0.0646. The van der Waals surface area contributed by atoms with Crippen molar-refractivity contribution in [2.75, 3.05) is 20.8 Å². The maximum absolute atomic E-state index is 13.2. The molecular formula is C20H22N2O4S. The van der Waals surface area contributed by atoms with Crippen LogP contribution in [0.1, 0.15) is 32.9 Å². The highest BCUT2D eigenvalue weighted by Gasteiger charge is 2.47. The van der Waals surface area contributed by atoms with Gasteiger partial charge in [0.05, 0.1) is 30.7 Å². The van der Waals surface area contributed by atoms with E-state index in [1.807, 2.05) is 22.4 Å². The molecule has 1 aromatic heterocycles. The molecule has 1 N–H and O–H groups in total. The van der Waals surface area contributed by atoms with Crippen molar-refractivity contribution >= 4 is 23.2 Å². The van der Waals surface area contributed by atoms with Crippen molar-refractivity contribution in [1.29, 1.82) is 0 Å². The molecule has 3 atom stereocenters. The molecule has 2 amide bonds. The third kappa shape index (κ3) is 3.27. The molecule has 0 spiro atoms. The van der Waals surface area contributed by atoms with E-state index in [2.05, 4.69) is 5.32 Å². The molecule has 1 saturated heterocycles. The summed E-state index contributed by atoms with van der Waals surface area (Å²) in [5.41, 5.74) is 0.522. The van der Waals surface area contributed by atoms with Gasteiger partial charge in [-0.25, -0.2) is 0 Å². The Bertz CT molecular complexity index is 852. The first kappa shape index (κ1) is 17.9. The summed E-state index contributed by atoms with van der Waals surface area (Å²) < 4.78 is 10.6. The number of nitrogens with one attached hydrogen (secondary N) is 1. The number of ether oxygens (including phenoxy) is 2. The number of benzene rings is 1. The first-order chi connectivity index (χ1) is 13.1. The van der Waals surface area contributed by atoms with E-state index < -0.39 is 0 Å². The van der Waals surface area contributed by atoms with Crippen LogP contribution in [0.2, 0.25) is 0 Å². The second-order valence-corrected chi connectivity index (χ2v) is 7.93. The van der Waals surface area contributed by atoms with Crippen LogP contribution < -0.4 is 14.8 Å². The lowest BCUT2D eigenvalue weighted by atomic mass is 10.0. The van der Waals surface area contributed by atoms with E-state index in [9.17, 15) is 9.59 Å². The van der Waals surface area contributed by atoms with Gasteiger partial charge in [-0.2, -0.15) is 0 Å². The SMILES string of the molecule is COc1ccc(C(=O)N2C[C@@H]3C[C@H](NC(=O)c4cccs4)[C@H]2C3)c(OC)c1. The van der Waals surface area contributed by atoms with E-state index in [0.717, 1.165) is 19.4 Å². The van der Waals surface area contributed by atoms with Gasteiger partial charge in [0, 0.05) is 18.7 Å². The summed E-state index contributed by atoms with van der Waals surface area (Å²) >= 11 is 1.43. The van der Waals surface area contributed by atoms with E-state index in [4.69, 9.17) is 9.47 Å². The fourth-order valence-corrected chi connectivity index (χ4v) is 4.82. The van der Waals surface area contributed by atoms with E-state index in [-0.39, 0.29) is 23.9 Å². The van der Waals surface area contributed by atoms with Crippen LogP contribution >= 0.6 is 11.3 Å². The Hall–Kier alpha value is -2.54. The van der Waals surface area contributed by atoms with Crippen molar-refractivity contribution in [1.82, 2.24) is 10.2 Å². The highest BCUT2D eigenvalue weighted by molar-refractivity contribution is 7.12. The summed E-state index contributed by atoms with van der Waals surface area (Å²) in [7, 11) is 3.13. The molecule has 4 rings (SSSR count). The molecule has 0 radical (unpaired) electrons. The maximum Gasteiger partial charge on any atom is 0.261 e. The number of rotatable bonds is 5. The molecule has 6 nitrogen and oxygen atoms in total. The van der Waals surface area contributed by atoms with Crippen LogP contribution in [0.15, 0.2) is 35.7 Å². The average molecular weight is 386 g/mol. The third-order valence-electron chi connectivity index (χ3n) is 5.44. The average Bonchev–Trinajstić information content (AvgIpc) is 3.43. The van der Waals surface area contributed by atoms with Gasteiger partial charge in [0.15, 0.2) is 0 Å².